The fourth-order valence-corrected chi connectivity index (χ4v) is 2.93. The van der Waals surface area contributed by atoms with Gasteiger partial charge in [-0.1, -0.05) is 22.3 Å². The van der Waals surface area contributed by atoms with Gasteiger partial charge in [0.1, 0.15) is 0 Å². The topological polar surface area (TPSA) is 68.2 Å². The molecule has 1 aromatic carbocycles. The molecule has 1 aliphatic rings. The van der Waals surface area contributed by atoms with Crippen LogP contribution in [0.4, 0.5) is 0 Å². The lowest BCUT2D eigenvalue weighted by Crippen LogP contribution is -2.30. The first-order valence-corrected chi connectivity index (χ1v) is 7.52. The van der Waals surface area contributed by atoms with Crippen molar-refractivity contribution in [1.82, 2.24) is 15.0 Å². The van der Waals surface area contributed by atoms with Gasteiger partial charge >= 0.3 is 0 Å². The van der Waals surface area contributed by atoms with Crippen LogP contribution in [0.5, 0.6) is 0 Å². The van der Waals surface area contributed by atoms with Crippen molar-refractivity contribution >= 4 is 0 Å². The van der Waals surface area contributed by atoms with E-state index in [1.165, 1.54) is 24.0 Å². The van der Waals surface area contributed by atoms with Crippen molar-refractivity contribution in [3.63, 3.8) is 0 Å². The number of nitrogens with zero attached hydrogens (tertiary/aromatic N) is 3. The van der Waals surface area contributed by atoms with Gasteiger partial charge in [-0.3, -0.25) is 0 Å². The quantitative estimate of drug-likeness (QED) is 0.935. The number of hydrogen-bond donors (Lipinski definition) is 1. The van der Waals surface area contributed by atoms with Gasteiger partial charge < -0.3 is 15.2 Å². The predicted molar refractivity (Wildman–Crippen MR) is 81.8 cm³/mol. The summed E-state index contributed by atoms with van der Waals surface area (Å²) in [6, 6.07) is 6.04. The Bertz CT molecular complexity index is 596. The van der Waals surface area contributed by atoms with Crippen molar-refractivity contribution in [2.45, 2.75) is 32.7 Å². The molecule has 1 fully saturated rings. The molecule has 1 aliphatic heterocycles. The Morgan fingerprint density at radius 2 is 1.86 bits per heavy atom. The molecule has 5 nitrogen and oxygen atoms in total. The standard InChI is InChI=1S/C16H22N4O/c1-11-7-12(2)9-13(8-11)16-18-15(19-21-16)14(17)10-20-5-3-4-6-20/h7-9,14H,3-6,10,17H2,1-2H3. The van der Waals surface area contributed by atoms with Crippen molar-refractivity contribution in [1.29, 1.82) is 0 Å². The predicted octanol–water partition coefficient (Wildman–Crippen LogP) is 2.45. The van der Waals surface area contributed by atoms with E-state index in [2.05, 4.69) is 47.1 Å². The second-order valence-electron chi connectivity index (χ2n) is 5.95. The molecule has 1 aromatic heterocycles. The molecule has 0 amide bonds. The highest BCUT2D eigenvalue weighted by Gasteiger charge is 2.20. The van der Waals surface area contributed by atoms with Crippen LogP contribution in [0.3, 0.4) is 0 Å². The number of aromatic nitrogens is 2. The summed E-state index contributed by atoms with van der Waals surface area (Å²) in [5.41, 5.74) is 9.53. The van der Waals surface area contributed by atoms with Gasteiger partial charge in [0.25, 0.3) is 5.89 Å². The minimum atomic E-state index is -0.188. The summed E-state index contributed by atoms with van der Waals surface area (Å²) < 4.78 is 5.39. The molecule has 21 heavy (non-hydrogen) atoms. The third-order valence-electron chi connectivity index (χ3n) is 3.90. The first-order chi connectivity index (χ1) is 10.1. The second kappa shape index (κ2) is 5.95. The van der Waals surface area contributed by atoms with E-state index in [9.17, 15) is 0 Å². The fraction of sp³-hybridized carbons (Fsp3) is 0.500. The second-order valence-corrected chi connectivity index (χ2v) is 5.95. The number of likely N-dealkylation sites (tertiary alicyclic amines) is 1. The van der Waals surface area contributed by atoms with E-state index in [-0.39, 0.29) is 6.04 Å². The maximum atomic E-state index is 6.20. The SMILES string of the molecule is Cc1cc(C)cc(-c2nc(C(N)CN3CCCC3)no2)c1. The van der Waals surface area contributed by atoms with Crippen LogP contribution in [-0.4, -0.2) is 34.7 Å². The van der Waals surface area contributed by atoms with E-state index in [0.717, 1.165) is 25.2 Å². The highest BCUT2D eigenvalue weighted by atomic mass is 16.5. The highest BCUT2D eigenvalue weighted by Crippen LogP contribution is 2.22. The molecule has 1 atom stereocenters. The molecule has 0 radical (unpaired) electrons. The number of benzene rings is 1. The summed E-state index contributed by atoms with van der Waals surface area (Å²) in [5, 5.41) is 4.06. The number of hydrogen-bond acceptors (Lipinski definition) is 5. The molecule has 0 saturated carbocycles. The van der Waals surface area contributed by atoms with Crippen molar-refractivity contribution in [3.8, 4) is 11.5 Å². The Morgan fingerprint density at radius 3 is 2.52 bits per heavy atom. The first kappa shape index (κ1) is 14.2. The molecule has 3 rings (SSSR count). The van der Waals surface area contributed by atoms with E-state index in [1.54, 1.807) is 0 Å². The normalized spacial score (nSPS) is 17.3. The molecule has 112 valence electrons. The van der Waals surface area contributed by atoms with Crippen LogP contribution in [0.1, 0.15) is 35.8 Å². The third kappa shape index (κ3) is 3.31. The Labute approximate surface area is 125 Å². The minimum Gasteiger partial charge on any atom is -0.334 e. The van der Waals surface area contributed by atoms with Gasteiger partial charge in [0.05, 0.1) is 6.04 Å². The zero-order chi connectivity index (χ0) is 14.8. The molecule has 1 saturated heterocycles. The van der Waals surface area contributed by atoms with Crippen LogP contribution in [0, 0.1) is 13.8 Å². The Balaban J connectivity index is 1.75. The largest absolute Gasteiger partial charge is 0.334 e. The summed E-state index contributed by atoms with van der Waals surface area (Å²) in [6.07, 6.45) is 2.51. The molecule has 0 bridgehead atoms. The Hall–Kier alpha value is -1.72. The fourth-order valence-electron chi connectivity index (χ4n) is 2.93. The summed E-state index contributed by atoms with van der Waals surface area (Å²) in [4.78, 5) is 6.83. The number of nitrogens with two attached hydrogens (primary N) is 1. The molecule has 5 heteroatoms. The lowest BCUT2D eigenvalue weighted by atomic mass is 10.1. The lowest BCUT2D eigenvalue weighted by Gasteiger charge is -2.17. The van der Waals surface area contributed by atoms with Gasteiger partial charge in [0.2, 0.25) is 0 Å². The smallest absolute Gasteiger partial charge is 0.257 e. The highest BCUT2D eigenvalue weighted by molar-refractivity contribution is 5.55. The monoisotopic (exact) mass is 286 g/mol. The lowest BCUT2D eigenvalue weighted by molar-refractivity contribution is 0.306. The maximum Gasteiger partial charge on any atom is 0.257 e. The van der Waals surface area contributed by atoms with E-state index in [1.807, 2.05) is 0 Å². The number of rotatable bonds is 4. The molecule has 1 unspecified atom stereocenters. The van der Waals surface area contributed by atoms with E-state index >= 15 is 0 Å². The van der Waals surface area contributed by atoms with E-state index < -0.39 is 0 Å². The summed E-state index contributed by atoms with van der Waals surface area (Å²) in [5.74, 6) is 1.14. The first-order valence-electron chi connectivity index (χ1n) is 7.52. The van der Waals surface area contributed by atoms with Gasteiger partial charge in [-0.05, 0) is 51.9 Å². The van der Waals surface area contributed by atoms with Crippen LogP contribution >= 0.6 is 0 Å². The summed E-state index contributed by atoms with van der Waals surface area (Å²) in [7, 11) is 0. The van der Waals surface area contributed by atoms with E-state index in [0.29, 0.717) is 11.7 Å². The minimum absolute atomic E-state index is 0.188. The molecule has 2 heterocycles. The van der Waals surface area contributed by atoms with Crippen molar-refractivity contribution < 1.29 is 4.52 Å². The van der Waals surface area contributed by atoms with Gasteiger partial charge in [0, 0.05) is 12.1 Å². The summed E-state index contributed by atoms with van der Waals surface area (Å²) in [6.45, 7) is 7.16. The summed E-state index contributed by atoms with van der Waals surface area (Å²) >= 11 is 0. The van der Waals surface area contributed by atoms with Gasteiger partial charge in [-0.2, -0.15) is 4.98 Å². The van der Waals surface area contributed by atoms with Gasteiger partial charge in [0.15, 0.2) is 5.82 Å². The zero-order valence-electron chi connectivity index (χ0n) is 12.7. The molecule has 2 N–H and O–H groups in total. The van der Waals surface area contributed by atoms with Crippen molar-refractivity contribution in [3.05, 3.63) is 35.2 Å². The van der Waals surface area contributed by atoms with Gasteiger partial charge in [-0.25, -0.2) is 0 Å². The number of aryl methyl sites for hydroxylation is 2. The molecule has 2 aromatic rings. The average molecular weight is 286 g/mol. The van der Waals surface area contributed by atoms with E-state index in [4.69, 9.17) is 10.3 Å². The van der Waals surface area contributed by atoms with Crippen LogP contribution < -0.4 is 5.73 Å². The van der Waals surface area contributed by atoms with Crippen LogP contribution in [-0.2, 0) is 0 Å². The van der Waals surface area contributed by atoms with Crippen LogP contribution in [0.25, 0.3) is 11.5 Å². The molecular weight excluding hydrogens is 264 g/mol. The maximum absolute atomic E-state index is 6.20. The average Bonchev–Trinajstić information content (AvgIpc) is 3.08. The van der Waals surface area contributed by atoms with Gasteiger partial charge in [-0.15, -0.1) is 0 Å². The molecule has 0 aliphatic carbocycles. The molecule has 0 spiro atoms. The third-order valence-corrected chi connectivity index (χ3v) is 3.90. The Morgan fingerprint density at radius 1 is 1.19 bits per heavy atom. The van der Waals surface area contributed by atoms with Crippen LogP contribution in [0.2, 0.25) is 0 Å². The van der Waals surface area contributed by atoms with Crippen molar-refractivity contribution in [2.75, 3.05) is 19.6 Å². The van der Waals surface area contributed by atoms with Crippen LogP contribution in [0.15, 0.2) is 22.7 Å². The Kier molecular flexibility index (Phi) is 4.03. The zero-order valence-corrected chi connectivity index (χ0v) is 12.7. The molecular formula is C16H22N4O. The van der Waals surface area contributed by atoms with Crippen molar-refractivity contribution in [2.24, 2.45) is 5.73 Å².